The van der Waals surface area contributed by atoms with Crippen molar-refractivity contribution in [3.63, 3.8) is 0 Å². The molecule has 0 aromatic carbocycles. The zero-order valence-electron chi connectivity index (χ0n) is 7.94. The van der Waals surface area contributed by atoms with Gasteiger partial charge in [0.05, 0.1) is 0 Å². The molecule has 0 fully saturated rings. The van der Waals surface area contributed by atoms with Crippen molar-refractivity contribution in [2.75, 3.05) is 19.6 Å². The molecule has 12 heavy (non-hydrogen) atoms. The minimum Gasteiger partial charge on any atom is -0.330 e. The summed E-state index contributed by atoms with van der Waals surface area (Å²) in [5.41, 5.74) is 5.60. The minimum absolute atomic E-state index is 0.529. The molecule has 1 atom stereocenters. The van der Waals surface area contributed by atoms with Gasteiger partial charge in [-0.05, 0) is 24.9 Å². The van der Waals surface area contributed by atoms with Gasteiger partial charge in [-0.25, -0.2) is 0 Å². The lowest BCUT2D eigenvalue weighted by atomic mass is 9.96. The Morgan fingerprint density at radius 1 is 1.58 bits per heavy atom. The van der Waals surface area contributed by atoms with Crippen molar-refractivity contribution in [2.45, 2.75) is 13.8 Å². The summed E-state index contributed by atoms with van der Waals surface area (Å²) in [6.45, 7) is 10.3. The van der Waals surface area contributed by atoms with Crippen LogP contribution < -0.4 is 11.1 Å². The summed E-state index contributed by atoms with van der Waals surface area (Å²) in [6.07, 6.45) is 0. The predicted octanol–water partition coefficient (Wildman–Crippen LogP) is 1.56. The average molecular weight is 191 g/mol. The number of nitrogens with two attached hydrogens (primary N) is 1. The molecule has 0 amide bonds. The molecule has 0 saturated carbocycles. The summed E-state index contributed by atoms with van der Waals surface area (Å²) < 4.78 is 0. The molecule has 3 heteroatoms. The van der Waals surface area contributed by atoms with Crippen molar-refractivity contribution in [1.82, 2.24) is 5.32 Å². The summed E-state index contributed by atoms with van der Waals surface area (Å²) in [4.78, 5) is 0. The highest BCUT2D eigenvalue weighted by atomic mass is 35.5. The molecule has 0 spiro atoms. The average Bonchev–Trinajstić information content (AvgIpc) is 1.96. The molecule has 0 heterocycles. The molecule has 0 aliphatic heterocycles. The van der Waals surface area contributed by atoms with Gasteiger partial charge in [-0.15, -0.1) is 0 Å². The third-order valence-electron chi connectivity index (χ3n) is 1.97. The van der Waals surface area contributed by atoms with Crippen LogP contribution in [0, 0.1) is 11.8 Å². The number of halogens is 1. The normalized spacial score (nSPS) is 13.4. The molecule has 0 aliphatic rings. The van der Waals surface area contributed by atoms with E-state index in [0.29, 0.717) is 23.4 Å². The molecule has 0 aliphatic carbocycles. The predicted molar refractivity (Wildman–Crippen MR) is 55.2 cm³/mol. The Bertz CT molecular complexity index is 134. The molecule has 0 bridgehead atoms. The highest BCUT2D eigenvalue weighted by molar-refractivity contribution is 6.29. The Morgan fingerprint density at radius 2 is 2.17 bits per heavy atom. The fourth-order valence-corrected chi connectivity index (χ4v) is 1.08. The first kappa shape index (κ1) is 11.9. The Kier molecular flexibility index (Phi) is 6.44. The van der Waals surface area contributed by atoms with E-state index in [9.17, 15) is 0 Å². The maximum atomic E-state index is 5.60. The van der Waals surface area contributed by atoms with E-state index in [1.54, 1.807) is 0 Å². The molecule has 72 valence electrons. The van der Waals surface area contributed by atoms with E-state index in [-0.39, 0.29) is 0 Å². The second kappa shape index (κ2) is 6.46. The summed E-state index contributed by atoms with van der Waals surface area (Å²) in [5, 5.41) is 3.85. The monoisotopic (exact) mass is 190 g/mol. The van der Waals surface area contributed by atoms with E-state index in [4.69, 9.17) is 17.3 Å². The van der Waals surface area contributed by atoms with Crippen molar-refractivity contribution in [1.29, 1.82) is 0 Å². The van der Waals surface area contributed by atoms with Gasteiger partial charge >= 0.3 is 0 Å². The van der Waals surface area contributed by atoms with Crippen LogP contribution in [-0.2, 0) is 0 Å². The first-order chi connectivity index (χ1) is 5.57. The molecule has 3 N–H and O–H groups in total. The van der Waals surface area contributed by atoms with Crippen LogP contribution in [0.1, 0.15) is 13.8 Å². The minimum atomic E-state index is 0.529. The van der Waals surface area contributed by atoms with E-state index in [2.05, 4.69) is 25.7 Å². The number of rotatable bonds is 6. The molecule has 1 unspecified atom stereocenters. The summed E-state index contributed by atoms with van der Waals surface area (Å²) in [5.74, 6) is 1.15. The molecule has 0 radical (unpaired) electrons. The van der Waals surface area contributed by atoms with E-state index < -0.39 is 0 Å². The van der Waals surface area contributed by atoms with Crippen LogP contribution in [-0.4, -0.2) is 19.6 Å². The zero-order chi connectivity index (χ0) is 9.56. The van der Waals surface area contributed by atoms with E-state index in [1.165, 1.54) is 0 Å². The Labute approximate surface area is 80.2 Å². The SMILES string of the molecule is C=C(Cl)CNCC(CN)C(C)C. The number of nitrogens with one attached hydrogen (secondary N) is 1. The maximum Gasteiger partial charge on any atom is 0.0307 e. The second-order valence-corrected chi connectivity index (χ2v) is 3.92. The molecule has 0 saturated heterocycles. The molecule has 0 rings (SSSR count). The van der Waals surface area contributed by atoms with Gasteiger partial charge in [0.15, 0.2) is 0 Å². The van der Waals surface area contributed by atoms with Gasteiger partial charge in [0.2, 0.25) is 0 Å². The molecule has 0 aromatic heterocycles. The van der Waals surface area contributed by atoms with E-state index in [0.717, 1.165) is 13.1 Å². The van der Waals surface area contributed by atoms with Gasteiger partial charge < -0.3 is 11.1 Å². The van der Waals surface area contributed by atoms with Gasteiger partial charge in [-0.3, -0.25) is 0 Å². The smallest absolute Gasteiger partial charge is 0.0307 e. The highest BCUT2D eigenvalue weighted by Gasteiger charge is 2.09. The van der Waals surface area contributed by atoms with Crippen LogP contribution in [0.3, 0.4) is 0 Å². The number of hydrogen-bond acceptors (Lipinski definition) is 2. The van der Waals surface area contributed by atoms with E-state index >= 15 is 0 Å². The van der Waals surface area contributed by atoms with Crippen molar-refractivity contribution < 1.29 is 0 Å². The Hall–Kier alpha value is -0.0500. The Balaban J connectivity index is 3.51. The van der Waals surface area contributed by atoms with Crippen LogP contribution >= 0.6 is 11.6 Å². The van der Waals surface area contributed by atoms with Crippen molar-refractivity contribution in [3.8, 4) is 0 Å². The zero-order valence-corrected chi connectivity index (χ0v) is 8.69. The van der Waals surface area contributed by atoms with Crippen molar-refractivity contribution in [3.05, 3.63) is 11.6 Å². The van der Waals surface area contributed by atoms with Gasteiger partial charge in [-0.1, -0.05) is 32.0 Å². The summed E-state index contributed by atoms with van der Waals surface area (Å²) in [6, 6.07) is 0. The summed E-state index contributed by atoms with van der Waals surface area (Å²) >= 11 is 5.60. The standard InChI is InChI=1S/C9H19ClN2/c1-7(2)9(4-11)6-12-5-8(3)10/h7,9,12H,3-6,11H2,1-2H3. The van der Waals surface area contributed by atoms with Crippen LogP contribution in [0.15, 0.2) is 11.6 Å². The van der Waals surface area contributed by atoms with E-state index in [1.807, 2.05) is 0 Å². The fraction of sp³-hybridized carbons (Fsp3) is 0.778. The van der Waals surface area contributed by atoms with Crippen molar-refractivity contribution in [2.24, 2.45) is 17.6 Å². The quantitative estimate of drug-likeness (QED) is 0.667. The van der Waals surface area contributed by atoms with Crippen LogP contribution in [0.25, 0.3) is 0 Å². The molecule has 0 aromatic rings. The van der Waals surface area contributed by atoms with Crippen LogP contribution in [0.4, 0.5) is 0 Å². The van der Waals surface area contributed by atoms with Gasteiger partial charge in [-0.2, -0.15) is 0 Å². The lowest BCUT2D eigenvalue weighted by molar-refractivity contribution is 0.377. The molecular weight excluding hydrogens is 172 g/mol. The maximum absolute atomic E-state index is 5.60. The Morgan fingerprint density at radius 3 is 2.50 bits per heavy atom. The first-order valence-corrected chi connectivity index (χ1v) is 4.69. The largest absolute Gasteiger partial charge is 0.330 e. The lowest BCUT2D eigenvalue weighted by Crippen LogP contribution is -2.32. The third-order valence-corrected chi connectivity index (χ3v) is 2.10. The second-order valence-electron chi connectivity index (χ2n) is 3.39. The molecule has 2 nitrogen and oxygen atoms in total. The summed E-state index contributed by atoms with van der Waals surface area (Å²) in [7, 11) is 0. The number of hydrogen-bond donors (Lipinski definition) is 2. The van der Waals surface area contributed by atoms with Crippen molar-refractivity contribution >= 4 is 11.6 Å². The molecular formula is C9H19ClN2. The van der Waals surface area contributed by atoms with Gasteiger partial charge in [0.1, 0.15) is 0 Å². The van der Waals surface area contributed by atoms with Crippen LogP contribution in [0.5, 0.6) is 0 Å². The van der Waals surface area contributed by atoms with Gasteiger partial charge in [0.25, 0.3) is 0 Å². The van der Waals surface area contributed by atoms with Crippen LogP contribution in [0.2, 0.25) is 0 Å². The topological polar surface area (TPSA) is 38.0 Å². The highest BCUT2D eigenvalue weighted by Crippen LogP contribution is 2.07. The third kappa shape index (κ3) is 5.58. The fourth-order valence-electron chi connectivity index (χ4n) is 0.984. The van der Waals surface area contributed by atoms with Gasteiger partial charge in [0, 0.05) is 11.6 Å². The first-order valence-electron chi connectivity index (χ1n) is 4.32. The lowest BCUT2D eigenvalue weighted by Gasteiger charge is -2.18.